The van der Waals surface area contributed by atoms with Gasteiger partial charge in [0, 0.05) is 18.2 Å². The summed E-state index contributed by atoms with van der Waals surface area (Å²) in [6, 6.07) is 3.96. The summed E-state index contributed by atoms with van der Waals surface area (Å²) in [5, 5.41) is 3.27. The molecule has 0 aliphatic carbocycles. The standard InChI is InChI=1S/C12H15N3O/c1-8-2-3-10(6-14-8)15-7-9-4-5-13-11(9)12(15)16/h2-3,6,9,11,13H,4-5,7H2,1H3/t9-,11-/m1/s1. The number of nitrogens with one attached hydrogen (secondary N) is 1. The lowest BCUT2D eigenvalue weighted by molar-refractivity contribution is -0.118. The number of rotatable bonds is 1. The number of aryl methyl sites for hydroxylation is 1. The zero-order valence-electron chi connectivity index (χ0n) is 9.31. The van der Waals surface area contributed by atoms with E-state index in [1.807, 2.05) is 24.0 Å². The van der Waals surface area contributed by atoms with Gasteiger partial charge in [0.15, 0.2) is 0 Å². The quantitative estimate of drug-likeness (QED) is 0.753. The van der Waals surface area contributed by atoms with E-state index in [4.69, 9.17) is 0 Å². The third-order valence-corrected chi connectivity index (χ3v) is 3.51. The van der Waals surface area contributed by atoms with Gasteiger partial charge in [-0.3, -0.25) is 9.78 Å². The van der Waals surface area contributed by atoms with E-state index < -0.39 is 0 Å². The average Bonchev–Trinajstić information content (AvgIpc) is 2.84. The van der Waals surface area contributed by atoms with E-state index in [9.17, 15) is 4.79 Å². The molecule has 4 nitrogen and oxygen atoms in total. The van der Waals surface area contributed by atoms with Crippen LogP contribution in [0.3, 0.4) is 0 Å². The van der Waals surface area contributed by atoms with E-state index in [-0.39, 0.29) is 11.9 Å². The van der Waals surface area contributed by atoms with E-state index in [2.05, 4.69) is 10.3 Å². The Morgan fingerprint density at radius 2 is 2.38 bits per heavy atom. The van der Waals surface area contributed by atoms with Crippen molar-refractivity contribution in [1.82, 2.24) is 10.3 Å². The van der Waals surface area contributed by atoms with Crippen LogP contribution in [0.1, 0.15) is 12.1 Å². The molecule has 2 atom stereocenters. The molecule has 1 aromatic heterocycles. The highest BCUT2D eigenvalue weighted by Gasteiger charge is 2.43. The number of hydrogen-bond acceptors (Lipinski definition) is 3. The Balaban J connectivity index is 1.86. The monoisotopic (exact) mass is 217 g/mol. The van der Waals surface area contributed by atoms with E-state index in [1.54, 1.807) is 6.20 Å². The molecule has 2 fully saturated rings. The highest BCUT2D eigenvalue weighted by atomic mass is 16.2. The summed E-state index contributed by atoms with van der Waals surface area (Å²) in [4.78, 5) is 18.2. The molecule has 1 amide bonds. The maximum absolute atomic E-state index is 12.1. The Hall–Kier alpha value is -1.42. The van der Waals surface area contributed by atoms with Crippen LogP contribution < -0.4 is 10.2 Å². The maximum atomic E-state index is 12.1. The van der Waals surface area contributed by atoms with Crippen molar-refractivity contribution < 1.29 is 4.79 Å². The fourth-order valence-corrected chi connectivity index (χ4v) is 2.59. The summed E-state index contributed by atoms with van der Waals surface area (Å²) in [6.45, 7) is 3.76. The second-order valence-corrected chi connectivity index (χ2v) is 4.59. The van der Waals surface area contributed by atoms with Crippen LogP contribution in [0.5, 0.6) is 0 Å². The van der Waals surface area contributed by atoms with Crippen molar-refractivity contribution in [2.24, 2.45) is 5.92 Å². The minimum atomic E-state index is 0.0429. The lowest BCUT2D eigenvalue weighted by Gasteiger charge is -2.17. The summed E-state index contributed by atoms with van der Waals surface area (Å²) < 4.78 is 0. The summed E-state index contributed by atoms with van der Waals surface area (Å²) in [5.74, 6) is 0.682. The molecule has 0 aromatic carbocycles. The van der Waals surface area contributed by atoms with Crippen molar-refractivity contribution in [3.8, 4) is 0 Å². The fourth-order valence-electron chi connectivity index (χ4n) is 2.59. The van der Waals surface area contributed by atoms with Gasteiger partial charge in [0.1, 0.15) is 0 Å². The number of aromatic nitrogens is 1. The van der Waals surface area contributed by atoms with Crippen LogP contribution in [0.15, 0.2) is 18.3 Å². The minimum absolute atomic E-state index is 0.0429. The van der Waals surface area contributed by atoms with E-state index in [0.29, 0.717) is 5.92 Å². The molecule has 0 bridgehead atoms. The number of fused-ring (bicyclic) bond motifs is 1. The smallest absolute Gasteiger partial charge is 0.244 e. The van der Waals surface area contributed by atoms with Crippen molar-refractivity contribution in [1.29, 1.82) is 0 Å². The normalized spacial score (nSPS) is 28.6. The fraction of sp³-hybridized carbons (Fsp3) is 0.500. The molecule has 4 heteroatoms. The number of nitrogens with zero attached hydrogens (tertiary/aromatic N) is 2. The number of anilines is 1. The first-order valence-electron chi connectivity index (χ1n) is 5.73. The topological polar surface area (TPSA) is 45.2 Å². The van der Waals surface area contributed by atoms with Crippen molar-refractivity contribution in [2.75, 3.05) is 18.0 Å². The maximum Gasteiger partial charge on any atom is 0.244 e. The van der Waals surface area contributed by atoms with Crippen LogP contribution >= 0.6 is 0 Å². The number of carbonyl (C=O) groups excluding carboxylic acids is 1. The van der Waals surface area contributed by atoms with Gasteiger partial charge in [-0.1, -0.05) is 0 Å². The molecule has 2 aliphatic heterocycles. The minimum Gasteiger partial charge on any atom is -0.309 e. The Kier molecular flexibility index (Phi) is 2.17. The predicted octanol–water partition coefficient (Wildman–Crippen LogP) is 0.715. The molecule has 0 radical (unpaired) electrons. The first-order valence-corrected chi connectivity index (χ1v) is 5.73. The summed E-state index contributed by atoms with van der Waals surface area (Å²) in [7, 11) is 0. The predicted molar refractivity (Wildman–Crippen MR) is 61.2 cm³/mol. The van der Waals surface area contributed by atoms with Crippen molar-refractivity contribution in [3.05, 3.63) is 24.0 Å². The van der Waals surface area contributed by atoms with Gasteiger partial charge >= 0.3 is 0 Å². The van der Waals surface area contributed by atoms with Gasteiger partial charge in [-0.15, -0.1) is 0 Å². The Labute approximate surface area is 94.7 Å². The number of amides is 1. The van der Waals surface area contributed by atoms with Crippen LogP contribution in [-0.2, 0) is 4.79 Å². The molecule has 0 saturated carbocycles. The third kappa shape index (κ3) is 1.41. The van der Waals surface area contributed by atoms with Crippen LogP contribution in [0.25, 0.3) is 0 Å². The summed E-state index contributed by atoms with van der Waals surface area (Å²) >= 11 is 0. The van der Waals surface area contributed by atoms with Gasteiger partial charge in [-0.2, -0.15) is 0 Å². The molecule has 0 unspecified atom stereocenters. The van der Waals surface area contributed by atoms with Crippen molar-refractivity contribution in [3.63, 3.8) is 0 Å². The van der Waals surface area contributed by atoms with E-state index >= 15 is 0 Å². The zero-order chi connectivity index (χ0) is 11.1. The van der Waals surface area contributed by atoms with Crippen LogP contribution in [0.2, 0.25) is 0 Å². The van der Waals surface area contributed by atoms with Gasteiger partial charge < -0.3 is 10.2 Å². The Bertz CT molecular complexity index is 415. The van der Waals surface area contributed by atoms with E-state index in [0.717, 1.165) is 30.9 Å². The van der Waals surface area contributed by atoms with Gasteiger partial charge in [0.05, 0.1) is 17.9 Å². The SMILES string of the molecule is Cc1ccc(N2C[C@H]3CCN[C@H]3C2=O)cn1. The lowest BCUT2D eigenvalue weighted by Crippen LogP contribution is -2.36. The van der Waals surface area contributed by atoms with Crippen LogP contribution in [0, 0.1) is 12.8 Å². The molecule has 3 rings (SSSR count). The first kappa shape index (κ1) is 9.78. The average molecular weight is 217 g/mol. The molecular weight excluding hydrogens is 202 g/mol. The van der Waals surface area contributed by atoms with Gasteiger partial charge in [0.2, 0.25) is 5.91 Å². The summed E-state index contributed by atoms with van der Waals surface area (Å²) in [6.07, 6.45) is 2.89. The number of pyridine rings is 1. The number of carbonyl (C=O) groups is 1. The molecule has 16 heavy (non-hydrogen) atoms. The molecule has 3 heterocycles. The van der Waals surface area contributed by atoms with Crippen LogP contribution in [-0.4, -0.2) is 30.0 Å². The molecule has 2 saturated heterocycles. The van der Waals surface area contributed by atoms with Crippen molar-refractivity contribution >= 4 is 11.6 Å². The Morgan fingerprint density at radius 1 is 1.50 bits per heavy atom. The lowest BCUT2D eigenvalue weighted by atomic mass is 10.1. The summed E-state index contributed by atoms with van der Waals surface area (Å²) in [5.41, 5.74) is 1.90. The largest absolute Gasteiger partial charge is 0.309 e. The van der Waals surface area contributed by atoms with Gasteiger partial charge in [-0.05, 0) is 32.0 Å². The Morgan fingerprint density at radius 3 is 3.06 bits per heavy atom. The molecule has 0 spiro atoms. The second-order valence-electron chi connectivity index (χ2n) is 4.59. The third-order valence-electron chi connectivity index (χ3n) is 3.51. The van der Waals surface area contributed by atoms with Crippen molar-refractivity contribution in [2.45, 2.75) is 19.4 Å². The second kappa shape index (κ2) is 3.56. The van der Waals surface area contributed by atoms with E-state index in [1.165, 1.54) is 0 Å². The van der Waals surface area contributed by atoms with Gasteiger partial charge in [-0.25, -0.2) is 0 Å². The molecule has 1 N–H and O–H groups in total. The zero-order valence-corrected chi connectivity index (χ0v) is 9.31. The highest BCUT2D eigenvalue weighted by molar-refractivity contribution is 6.00. The highest BCUT2D eigenvalue weighted by Crippen LogP contribution is 2.29. The molecule has 84 valence electrons. The first-order chi connectivity index (χ1) is 7.75. The molecule has 2 aliphatic rings. The molecular formula is C12H15N3O. The van der Waals surface area contributed by atoms with Gasteiger partial charge in [0.25, 0.3) is 0 Å². The van der Waals surface area contributed by atoms with Crippen LogP contribution in [0.4, 0.5) is 5.69 Å². The number of hydrogen-bond donors (Lipinski definition) is 1. The molecule has 1 aromatic rings.